The first-order chi connectivity index (χ1) is 14.5. The molecule has 0 spiro atoms. The van der Waals surface area contributed by atoms with Gasteiger partial charge < -0.3 is 15.0 Å². The van der Waals surface area contributed by atoms with Crippen molar-refractivity contribution in [1.29, 1.82) is 0 Å². The van der Waals surface area contributed by atoms with Gasteiger partial charge in [-0.25, -0.2) is 4.79 Å². The van der Waals surface area contributed by atoms with Gasteiger partial charge in [0.1, 0.15) is 5.75 Å². The van der Waals surface area contributed by atoms with Gasteiger partial charge in [0.15, 0.2) is 0 Å². The summed E-state index contributed by atoms with van der Waals surface area (Å²) < 4.78 is 5.36. The lowest BCUT2D eigenvalue weighted by atomic mass is 9.86. The molecule has 0 aromatic heterocycles. The molecule has 2 atom stereocenters. The van der Waals surface area contributed by atoms with Crippen LogP contribution in [-0.4, -0.2) is 37.2 Å². The predicted molar refractivity (Wildman–Crippen MR) is 120 cm³/mol. The molecule has 6 nitrogen and oxygen atoms in total. The van der Waals surface area contributed by atoms with Crippen LogP contribution in [0.5, 0.6) is 5.75 Å². The van der Waals surface area contributed by atoms with Crippen LogP contribution in [0.4, 0.5) is 10.5 Å². The summed E-state index contributed by atoms with van der Waals surface area (Å²) in [5, 5.41) is 3.05. The molecule has 2 saturated heterocycles. The Morgan fingerprint density at radius 1 is 1.07 bits per heavy atom. The Labute approximate surface area is 179 Å². The summed E-state index contributed by atoms with van der Waals surface area (Å²) in [6.45, 7) is 5.74. The van der Waals surface area contributed by atoms with Crippen molar-refractivity contribution in [2.75, 3.05) is 25.5 Å². The highest BCUT2D eigenvalue weighted by Gasteiger charge is 2.34. The molecule has 0 radical (unpaired) electrons. The molecule has 2 heterocycles. The number of carbonyl (C=O) groups excluding carboxylic acids is 1. The largest absolute Gasteiger partial charge is 0.497 e. The second kappa shape index (κ2) is 9.06. The SMILES string of the molecule is COc1cccc(C2CC(C3CCN(C(=O)Nc4ccc(C)c(C)c4)CC3)NN2)c1. The second-order valence-corrected chi connectivity index (χ2v) is 8.51. The molecule has 30 heavy (non-hydrogen) atoms. The number of urea groups is 1. The van der Waals surface area contributed by atoms with Crippen LogP contribution in [0.3, 0.4) is 0 Å². The summed E-state index contributed by atoms with van der Waals surface area (Å²) in [5.74, 6) is 1.46. The number of hydrazine groups is 1. The van der Waals surface area contributed by atoms with Crippen molar-refractivity contribution in [1.82, 2.24) is 15.8 Å². The summed E-state index contributed by atoms with van der Waals surface area (Å²) in [6, 6.07) is 15.0. The lowest BCUT2D eigenvalue weighted by molar-refractivity contribution is 0.169. The number of hydrogen-bond acceptors (Lipinski definition) is 4. The number of hydrogen-bond donors (Lipinski definition) is 3. The number of anilines is 1. The van der Waals surface area contributed by atoms with E-state index in [1.54, 1.807) is 7.11 Å². The first kappa shape index (κ1) is 20.7. The predicted octanol–water partition coefficient (Wildman–Crippen LogP) is 4.16. The summed E-state index contributed by atoms with van der Waals surface area (Å²) in [5.41, 5.74) is 11.5. The van der Waals surface area contributed by atoms with Gasteiger partial charge in [0.25, 0.3) is 0 Å². The zero-order valence-electron chi connectivity index (χ0n) is 18.1. The summed E-state index contributed by atoms with van der Waals surface area (Å²) in [7, 11) is 1.70. The summed E-state index contributed by atoms with van der Waals surface area (Å²) in [4.78, 5) is 14.6. The average molecular weight is 409 g/mol. The third kappa shape index (κ3) is 4.60. The van der Waals surface area contributed by atoms with Crippen molar-refractivity contribution in [3.63, 3.8) is 0 Å². The molecule has 2 unspecified atom stereocenters. The van der Waals surface area contributed by atoms with E-state index in [1.165, 1.54) is 16.7 Å². The van der Waals surface area contributed by atoms with Crippen LogP contribution in [0, 0.1) is 19.8 Å². The molecule has 2 aliphatic rings. The minimum Gasteiger partial charge on any atom is -0.497 e. The highest BCUT2D eigenvalue weighted by Crippen LogP contribution is 2.32. The lowest BCUT2D eigenvalue weighted by Crippen LogP contribution is -2.45. The van der Waals surface area contributed by atoms with Crippen molar-refractivity contribution in [2.45, 2.75) is 45.2 Å². The number of methoxy groups -OCH3 is 1. The highest BCUT2D eigenvalue weighted by molar-refractivity contribution is 5.89. The Morgan fingerprint density at radius 3 is 2.60 bits per heavy atom. The fraction of sp³-hybridized carbons (Fsp3) is 0.458. The van der Waals surface area contributed by atoms with Crippen LogP contribution in [0.2, 0.25) is 0 Å². The third-order valence-electron chi connectivity index (χ3n) is 6.58. The minimum atomic E-state index is 0.00321. The second-order valence-electron chi connectivity index (χ2n) is 8.51. The molecule has 6 heteroatoms. The van der Waals surface area contributed by atoms with Gasteiger partial charge in [-0.2, -0.15) is 0 Å². The fourth-order valence-corrected chi connectivity index (χ4v) is 4.49. The van der Waals surface area contributed by atoms with Crippen LogP contribution in [-0.2, 0) is 0 Å². The quantitative estimate of drug-likeness (QED) is 0.711. The normalized spacial score (nSPS) is 22.2. The molecule has 3 N–H and O–H groups in total. The van der Waals surface area contributed by atoms with Gasteiger partial charge in [-0.15, -0.1) is 0 Å². The Hall–Kier alpha value is -2.57. The molecule has 0 saturated carbocycles. The van der Waals surface area contributed by atoms with Crippen LogP contribution in [0.1, 0.15) is 42.0 Å². The molecule has 0 aliphatic carbocycles. The molecular formula is C24H32N4O2. The Balaban J connectivity index is 1.28. The number of carbonyl (C=O) groups is 1. The van der Waals surface area contributed by atoms with E-state index >= 15 is 0 Å². The number of nitrogens with zero attached hydrogens (tertiary/aromatic N) is 1. The van der Waals surface area contributed by atoms with Crippen LogP contribution < -0.4 is 20.9 Å². The maximum absolute atomic E-state index is 12.7. The van der Waals surface area contributed by atoms with E-state index < -0.39 is 0 Å². The Kier molecular flexibility index (Phi) is 6.25. The molecule has 2 fully saturated rings. The number of rotatable bonds is 4. The first-order valence-electron chi connectivity index (χ1n) is 10.8. The molecule has 2 aliphatic heterocycles. The first-order valence-corrected chi connectivity index (χ1v) is 10.8. The zero-order chi connectivity index (χ0) is 21.1. The third-order valence-corrected chi connectivity index (χ3v) is 6.58. The van der Waals surface area contributed by atoms with E-state index in [0.29, 0.717) is 12.0 Å². The van der Waals surface area contributed by atoms with E-state index in [2.05, 4.69) is 48.2 Å². The molecule has 4 rings (SSSR count). The number of amides is 2. The van der Waals surface area contributed by atoms with E-state index in [9.17, 15) is 4.79 Å². The van der Waals surface area contributed by atoms with Crippen molar-refractivity contribution in [2.24, 2.45) is 5.92 Å². The summed E-state index contributed by atoms with van der Waals surface area (Å²) in [6.07, 6.45) is 3.09. The van der Waals surface area contributed by atoms with Gasteiger partial charge in [-0.1, -0.05) is 18.2 Å². The number of benzene rings is 2. The van der Waals surface area contributed by atoms with Crippen molar-refractivity contribution >= 4 is 11.7 Å². The van der Waals surface area contributed by atoms with E-state index in [-0.39, 0.29) is 12.1 Å². The zero-order valence-corrected chi connectivity index (χ0v) is 18.1. The monoisotopic (exact) mass is 408 g/mol. The summed E-state index contributed by atoms with van der Waals surface area (Å²) >= 11 is 0. The molecule has 2 aromatic carbocycles. The molecule has 160 valence electrons. The minimum absolute atomic E-state index is 0.00321. The molecule has 2 amide bonds. The molecular weight excluding hydrogens is 376 g/mol. The van der Waals surface area contributed by atoms with Crippen LogP contribution in [0.25, 0.3) is 0 Å². The maximum Gasteiger partial charge on any atom is 0.321 e. The number of ether oxygens (including phenoxy) is 1. The van der Waals surface area contributed by atoms with Gasteiger partial charge in [-0.3, -0.25) is 10.9 Å². The fourth-order valence-electron chi connectivity index (χ4n) is 4.49. The number of likely N-dealkylation sites (tertiary alicyclic amines) is 1. The van der Waals surface area contributed by atoms with Crippen molar-refractivity contribution in [3.05, 3.63) is 59.2 Å². The average Bonchev–Trinajstić information content (AvgIpc) is 3.27. The van der Waals surface area contributed by atoms with Gasteiger partial charge in [0, 0.05) is 30.9 Å². The molecule has 0 bridgehead atoms. The maximum atomic E-state index is 12.7. The van der Waals surface area contributed by atoms with Crippen LogP contribution >= 0.6 is 0 Å². The van der Waals surface area contributed by atoms with Gasteiger partial charge in [0.2, 0.25) is 0 Å². The topological polar surface area (TPSA) is 65.6 Å². The Morgan fingerprint density at radius 2 is 1.87 bits per heavy atom. The van der Waals surface area contributed by atoms with Gasteiger partial charge >= 0.3 is 6.03 Å². The standard InChI is InChI=1S/C24H32N4O2/c1-16-7-8-20(13-17(16)2)25-24(29)28-11-9-18(10-12-28)22-15-23(27-26-22)19-5-4-6-21(14-19)30-3/h4-8,13-14,18,22-23,26-27H,9-12,15H2,1-3H3,(H,25,29). The van der Waals surface area contributed by atoms with E-state index in [4.69, 9.17) is 4.74 Å². The highest BCUT2D eigenvalue weighted by atomic mass is 16.5. The lowest BCUT2D eigenvalue weighted by Gasteiger charge is -2.34. The smallest absolute Gasteiger partial charge is 0.321 e. The number of aryl methyl sites for hydroxylation is 2. The van der Waals surface area contributed by atoms with Gasteiger partial charge in [0.05, 0.1) is 7.11 Å². The van der Waals surface area contributed by atoms with Crippen molar-refractivity contribution < 1.29 is 9.53 Å². The van der Waals surface area contributed by atoms with E-state index in [0.717, 1.165) is 43.8 Å². The molecule has 2 aromatic rings. The van der Waals surface area contributed by atoms with Crippen LogP contribution in [0.15, 0.2) is 42.5 Å². The number of piperidine rings is 1. The van der Waals surface area contributed by atoms with E-state index in [1.807, 2.05) is 29.2 Å². The van der Waals surface area contributed by atoms with Gasteiger partial charge in [-0.05, 0) is 80.0 Å². The Bertz CT molecular complexity index is 893. The van der Waals surface area contributed by atoms with Crippen molar-refractivity contribution in [3.8, 4) is 5.75 Å². The number of nitrogens with one attached hydrogen (secondary N) is 3.